The molecule has 1 rings (SSSR count). The molecule has 0 aliphatic heterocycles. The summed E-state index contributed by atoms with van der Waals surface area (Å²) in [6.07, 6.45) is 2.44. The Bertz CT molecular complexity index is 415. The average Bonchev–Trinajstić information content (AvgIpc) is 2.62. The van der Waals surface area contributed by atoms with Crippen LogP contribution in [0.25, 0.3) is 0 Å². The Kier molecular flexibility index (Phi) is 4.84. The van der Waals surface area contributed by atoms with Crippen molar-refractivity contribution in [1.29, 1.82) is 0 Å². The summed E-state index contributed by atoms with van der Waals surface area (Å²) in [5, 5.41) is 12.5. The second-order valence-corrected chi connectivity index (χ2v) is 5.33. The summed E-state index contributed by atoms with van der Waals surface area (Å²) in [4.78, 5) is 3.90. The lowest BCUT2D eigenvalue weighted by Gasteiger charge is -2.03. The number of aromatic nitrogens is 3. The quantitative estimate of drug-likeness (QED) is 0.604. The van der Waals surface area contributed by atoms with Crippen molar-refractivity contribution in [2.24, 2.45) is 7.05 Å². The molecule has 0 aromatic carbocycles. The van der Waals surface area contributed by atoms with Crippen molar-refractivity contribution in [2.45, 2.75) is 19.4 Å². The molecule has 92 valence electrons. The lowest BCUT2D eigenvalue weighted by atomic mass is 10.4. The van der Waals surface area contributed by atoms with Gasteiger partial charge in [-0.05, 0) is 12.8 Å². The van der Waals surface area contributed by atoms with Gasteiger partial charge in [0.25, 0.3) is 0 Å². The Labute approximate surface area is 94.6 Å². The zero-order valence-corrected chi connectivity index (χ0v) is 9.94. The molecule has 0 radical (unpaired) electrons. The van der Waals surface area contributed by atoms with Gasteiger partial charge in [0.2, 0.25) is 10.0 Å². The van der Waals surface area contributed by atoms with Gasteiger partial charge in [0.05, 0.1) is 12.3 Å². The van der Waals surface area contributed by atoms with E-state index in [1.54, 1.807) is 7.05 Å². The molecule has 7 nitrogen and oxygen atoms in total. The number of aliphatic hydroxyl groups excluding tert-OH is 1. The first-order valence-corrected chi connectivity index (χ1v) is 6.61. The van der Waals surface area contributed by atoms with Gasteiger partial charge in [-0.15, -0.1) is 0 Å². The van der Waals surface area contributed by atoms with Gasteiger partial charge in [0.15, 0.2) is 5.82 Å². The van der Waals surface area contributed by atoms with Crippen LogP contribution in [0.15, 0.2) is 6.33 Å². The molecule has 0 fully saturated rings. The highest BCUT2D eigenvalue weighted by Gasteiger charge is 2.10. The van der Waals surface area contributed by atoms with Gasteiger partial charge in [-0.25, -0.2) is 18.1 Å². The molecule has 0 unspecified atom stereocenters. The molecule has 0 aliphatic rings. The Hall–Kier alpha value is -0.990. The Balaban J connectivity index is 2.36. The van der Waals surface area contributed by atoms with E-state index in [-0.39, 0.29) is 18.9 Å². The molecular weight excluding hydrogens is 232 g/mol. The molecule has 2 N–H and O–H groups in total. The number of sulfonamides is 1. The summed E-state index contributed by atoms with van der Waals surface area (Å²) >= 11 is 0. The highest BCUT2D eigenvalue weighted by Crippen LogP contribution is 1.95. The van der Waals surface area contributed by atoms with Crippen LogP contribution in [0.3, 0.4) is 0 Å². The summed E-state index contributed by atoms with van der Waals surface area (Å²) in [7, 11) is -1.58. The summed E-state index contributed by atoms with van der Waals surface area (Å²) in [6.45, 7) is 0.111. The van der Waals surface area contributed by atoms with Gasteiger partial charge < -0.3 is 5.11 Å². The molecule has 16 heavy (non-hydrogen) atoms. The van der Waals surface area contributed by atoms with Crippen molar-refractivity contribution >= 4 is 10.0 Å². The van der Waals surface area contributed by atoms with Crippen LogP contribution in [-0.4, -0.2) is 40.6 Å². The molecular formula is C8H16N4O3S. The molecule has 8 heteroatoms. The topological polar surface area (TPSA) is 97.1 Å². The average molecular weight is 248 g/mol. The number of rotatable bonds is 7. The van der Waals surface area contributed by atoms with Gasteiger partial charge in [0, 0.05) is 13.7 Å². The summed E-state index contributed by atoms with van der Waals surface area (Å²) < 4.78 is 26.8. The molecule has 1 heterocycles. The van der Waals surface area contributed by atoms with Crippen LogP contribution in [0.5, 0.6) is 0 Å². The Morgan fingerprint density at radius 3 is 2.81 bits per heavy atom. The minimum absolute atomic E-state index is 0.0112. The van der Waals surface area contributed by atoms with E-state index in [9.17, 15) is 8.42 Å². The number of hydrogen-bond donors (Lipinski definition) is 2. The fourth-order valence-electron chi connectivity index (χ4n) is 1.12. The van der Waals surface area contributed by atoms with E-state index in [2.05, 4.69) is 14.8 Å². The Morgan fingerprint density at radius 1 is 1.50 bits per heavy atom. The number of nitrogens with one attached hydrogen (secondary N) is 1. The molecule has 0 spiro atoms. The summed E-state index contributed by atoms with van der Waals surface area (Å²) in [6, 6.07) is 0. The van der Waals surface area contributed by atoms with Crippen molar-refractivity contribution in [3.8, 4) is 0 Å². The van der Waals surface area contributed by atoms with Gasteiger partial charge in [-0.3, -0.25) is 4.68 Å². The fourth-order valence-corrected chi connectivity index (χ4v) is 2.19. The second kappa shape index (κ2) is 5.92. The molecule has 0 amide bonds. The van der Waals surface area contributed by atoms with Crippen molar-refractivity contribution in [2.75, 3.05) is 12.4 Å². The van der Waals surface area contributed by atoms with Gasteiger partial charge in [-0.2, -0.15) is 5.10 Å². The van der Waals surface area contributed by atoms with E-state index in [0.717, 1.165) is 0 Å². The minimum Gasteiger partial charge on any atom is -0.396 e. The lowest BCUT2D eigenvalue weighted by molar-refractivity contribution is 0.287. The molecule has 0 bridgehead atoms. The third-order valence-corrected chi connectivity index (χ3v) is 3.33. The summed E-state index contributed by atoms with van der Waals surface area (Å²) in [5.74, 6) is 0.452. The number of nitrogens with zero attached hydrogens (tertiary/aromatic N) is 3. The van der Waals surface area contributed by atoms with E-state index in [4.69, 9.17) is 5.11 Å². The highest BCUT2D eigenvalue weighted by molar-refractivity contribution is 7.89. The maximum absolute atomic E-state index is 11.4. The number of aliphatic hydroxyl groups is 1. The van der Waals surface area contributed by atoms with Crippen LogP contribution in [0.2, 0.25) is 0 Å². The monoisotopic (exact) mass is 248 g/mol. The van der Waals surface area contributed by atoms with E-state index in [0.29, 0.717) is 18.7 Å². The van der Waals surface area contributed by atoms with Crippen LogP contribution < -0.4 is 4.72 Å². The normalized spacial score (nSPS) is 11.9. The molecule has 0 aliphatic carbocycles. The van der Waals surface area contributed by atoms with Crippen LogP contribution in [0, 0.1) is 0 Å². The maximum atomic E-state index is 11.4. The first-order valence-electron chi connectivity index (χ1n) is 4.96. The van der Waals surface area contributed by atoms with Gasteiger partial charge >= 0.3 is 0 Å². The predicted octanol–water partition coefficient (Wildman–Crippen LogP) is -0.993. The van der Waals surface area contributed by atoms with Crippen LogP contribution in [-0.2, 0) is 23.6 Å². The van der Waals surface area contributed by atoms with E-state index in [1.807, 2.05) is 0 Å². The third kappa shape index (κ3) is 4.69. The first kappa shape index (κ1) is 13.1. The smallest absolute Gasteiger partial charge is 0.212 e. The summed E-state index contributed by atoms with van der Waals surface area (Å²) in [5.41, 5.74) is 0. The molecule has 1 aromatic heterocycles. The molecule has 0 saturated carbocycles. The van der Waals surface area contributed by atoms with E-state index < -0.39 is 10.0 Å². The van der Waals surface area contributed by atoms with Gasteiger partial charge in [-0.1, -0.05) is 0 Å². The fraction of sp³-hybridized carbons (Fsp3) is 0.750. The number of hydrogen-bond acceptors (Lipinski definition) is 5. The first-order chi connectivity index (χ1) is 7.53. The largest absolute Gasteiger partial charge is 0.396 e. The zero-order chi connectivity index (χ0) is 12.0. The van der Waals surface area contributed by atoms with Crippen molar-refractivity contribution in [1.82, 2.24) is 19.5 Å². The van der Waals surface area contributed by atoms with Crippen LogP contribution in [0.4, 0.5) is 0 Å². The van der Waals surface area contributed by atoms with Crippen molar-refractivity contribution in [3.63, 3.8) is 0 Å². The third-order valence-electron chi connectivity index (χ3n) is 1.92. The highest BCUT2D eigenvalue weighted by atomic mass is 32.2. The second-order valence-electron chi connectivity index (χ2n) is 3.41. The molecule has 0 saturated heterocycles. The van der Waals surface area contributed by atoms with Crippen molar-refractivity contribution < 1.29 is 13.5 Å². The molecule has 0 atom stereocenters. The molecule has 1 aromatic rings. The minimum atomic E-state index is -3.29. The lowest BCUT2D eigenvalue weighted by Crippen LogP contribution is -2.26. The van der Waals surface area contributed by atoms with Crippen LogP contribution in [0.1, 0.15) is 18.7 Å². The Morgan fingerprint density at radius 2 is 2.25 bits per heavy atom. The number of aryl methyl sites for hydroxylation is 1. The van der Waals surface area contributed by atoms with E-state index in [1.165, 1.54) is 11.0 Å². The number of unbranched alkanes of at least 4 members (excludes halogenated alkanes) is 1. The van der Waals surface area contributed by atoms with Crippen molar-refractivity contribution in [3.05, 3.63) is 12.2 Å². The van der Waals surface area contributed by atoms with Crippen LogP contribution >= 0.6 is 0 Å². The van der Waals surface area contributed by atoms with E-state index >= 15 is 0 Å². The predicted molar refractivity (Wildman–Crippen MR) is 57.9 cm³/mol. The SMILES string of the molecule is Cn1cnc(CNS(=O)(=O)CCCCO)n1. The zero-order valence-electron chi connectivity index (χ0n) is 9.13. The van der Waals surface area contributed by atoms with Gasteiger partial charge in [0.1, 0.15) is 6.33 Å². The standard InChI is InChI=1S/C8H16N4O3S/c1-12-7-9-8(11-12)6-10-16(14,15)5-3-2-4-13/h7,10,13H,2-6H2,1H3. The maximum Gasteiger partial charge on any atom is 0.212 e.